The highest BCUT2D eigenvalue weighted by Gasteiger charge is 2.34. The molecule has 3 heterocycles. The Bertz CT molecular complexity index is 669. The zero-order valence-electron chi connectivity index (χ0n) is 16.4. The van der Waals surface area contributed by atoms with Crippen molar-refractivity contribution in [3.63, 3.8) is 0 Å². The first-order valence-corrected chi connectivity index (χ1v) is 9.47. The molecule has 0 bridgehead atoms. The van der Waals surface area contributed by atoms with Crippen molar-refractivity contribution in [2.24, 2.45) is 4.99 Å². The van der Waals surface area contributed by atoms with Crippen LogP contribution in [0.25, 0.3) is 0 Å². The van der Waals surface area contributed by atoms with E-state index in [4.69, 9.17) is 4.74 Å². The third kappa shape index (κ3) is 7.45. The molecule has 2 fully saturated rings. The fraction of sp³-hybridized carbons (Fsp3) is 0.667. The molecule has 164 valence electrons. The van der Waals surface area contributed by atoms with E-state index in [-0.39, 0.29) is 30.0 Å². The van der Waals surface area contributed by atoms with Gasteiger partial charge in [-0.25, -0.2) is 4.98 Å². The molecule has 1 atom stereocenters. The maximum absolute atomic E-state index is 12.5. The van der Waals surface area contributed by atoms with E-state index in [1.807, 2.05) is 12.1 Å². The van der Waals surface area contributed by atoms with Crippen molar-refractivity contribution >= 4 is 35.8 Å². The van der Waals surface area contributed by atoms with Crippen LogP contribution in [-0.2, 0) is 11.3 Å². The number of morpholine rings is 1. The molecule has 1 aromatic rings. The Labute approximate surface area is 186 Å². The monoisotopic (exact) mass is 528 g/mol. The molecule has 2 aliphatic heterocycles. The fourth-order valence-corrected chi connectivity index (χ4v) is 3.54. The van der Waals surface area contributed by atoms with Crippen LogP contribution in [0.4, 0.5) is 19.0 Å². The van der Waals surface area contributed by atoms with Crippen LogP contribution in [0.3, 0.4) is 0 Å². The van der Waals surface area contributed by atoms with Gasteiger partial charge in [0.2, 0.25) is 0 Å². The molecular formula is C18H28F3IN6O. The molecule has 7 nitrogen and oxygen atoms in total. The normalized spacial score (nSPS) is 21.0. The predicted octanol–water partition coefficient (Wildman–Crippen LogP) is 1.84. The number of anilines is 1. The average Bonchev–Trinajstić information content (AvgIpc) is 3.11. The van der Waals surface area contributed by atoms with Gasteiger partial charge in [0.15, 0.2) is 5.96 Å². The van der Waals surface area contributed by atoms with Gasteiger partial charge >= 0.3 is 6.18 Å². The van der Waals surface area contributed by atoms with Gasteiger partial charge in [-0.05, 0) is 12.5 Å². The van der Waals surface area contributed by atoms with Gasteiger partial charge in [-0.15, -0.1) is 24.0 Å². The van der Waals surface area contributed by atoms with Crippen LogP contribution in [0.5, 0.6) is 0 Å². The first kappa shape index (κ1) is 23.9. The van der Waals surface area contributed by atoms with E-state index in [0.717, 1.165) is 24.5 Å². The second kappa shape index (κ2) is 11.2. The first-order valence-electron chi connectivity index (χ1n) is 9.47. The van der Waals surface area contributed by atoms with Crippen molar-refractivity contribution in [2.45, 2.75) is 25.2 Å². The summed E-state index contributed by atoms with van der Waals surface area (Å²) >= 11 is 0. The van der Waals surface area contributed by atoms with E-state index in [1.54, 1.807) is 13.2 Å². The number of guanidine groups is 1. The quantitative estimate of drug-likeness (QED) is 0.346. The van der Waals surface area contributed by atoms with Crippen LogP contribution in [0.15, 0.2) is 23.3 Å². The Hall–Kier alpha value is -1.34. The van der Waals surface area contributed by atoms with E-state index in [1.165, 1.54) is 4.90 Å². The summed E-state index contributed by atoms with van der Waals surface area (Å²) in [4.78, 5) is 12.3. The number of hydrogen-bond acceptors (Lipinski definition) is 5. The van der Waals surface area contributed by atoms with Crippen LogP contribution >= 0.6 is 24.0 Å². The van der Waals surface area contributed by atoms with Gasteiger partial charge in [0, 0.05) is 57.6 Å². The number of pyridine rings is 1. The molecule has 0 amide bonds. The molecule has 2 saturated heterocycles. The molecule has 0 spiro atoms. The van der Waals surface area contributed by atoms with E-state index in [2.05, 4.69) is 25.5 Å². The molecule has 0 radical (unpaired) electrons. The van der Waals surface area contributed by atoms with Crippen LogP contribution in [0.1, 0.15) is 12.0 Å². The second-order valence-electron chi connectivity index (χ2n) is 6.99. The summed E-state index contributed by atoms with van der Waals surface area (Å²) in [6, 6.07) is 3.85. The van der Waals surface area contributed by atoms with Crippen molar-refractivity contribution in [2.75, 3.05) is 57.9 Å². The number of ether oxygens (including phenoxy) is 1. The minimum absolute atomic E-state index is 0. The SMILES string of the molecule is CN=C(NCc1cccnc1N1CCOCC1)NC1CCN(CC(F)(F)F)C1.I. The molecule has 0 aliphatic carbocycles. The molecule has 3 rings (SSSR count). The summed E-state index contributed by atoms with van der Waals surface area (Å²) in [5, 5.41) is 6.48. The molecule has 2 aliphatic rings. The summed E-state index contributed by atoms with van der Waals surface area (Å²) in [5.74, 6) is 1.50. The molecule has 2 N–H and O–H groups in total. The molecule has 1 aromatic heterocycles. The predicted molar refractivity (Wildman–Crippen MR) is 117 cm³/mol. The molecular weight excluding hydrogens is 500 g/mol. The third-order valence-corrected chi connectivity index (χ3v) is 4.86. The van der Waals surface area contributed by atoms with Gasteiger partial charge in [0.1, 0.15) is 5.82 Å². The highest BCUT2D eigenvalue weighted by atomic mass is 127. The van der Waals surface area contributed by atoms with E-state index in [0.29, 0.717) is 45.2 Å². The van der Waals surface area contributed by atoms with Crippen LogP contribution < -0.4 is 15.5 Å². The van der Waals surface area contributed by atoms with Crippen molar-refractivity contribution in [3.8, 4) is 0 Å². The number of nitrogens with zero attached hydrogens (tertiary/aromatic N) is 4. The highest BCUT2D eigenvalue weighted by Crippen LogP contribution is 2.20. The highest BCUT2D eigenvalue weighted by molar-refractivity contribution is 14.0. The molecule has 29 heavy (non-hydrogen) atoms. The lowest BCUT2D eigenvalue weighted by Crippen LogP contribution is -2.45. The zero-order chi connectivity index (χ0) is 20.0. The standard InChI is InChI=1S/C18H27F3N6O.HI/c1-22-17(25-15-4-6-26(12-15)13-18(19,20)21)24-11-14-3-2-5-23-16(14)27-7-9-28-10-8-27;/h2-3,5,15H,4,6-13H2,1H3,(H2,22,24,25);1H. The Morgan fingerprint density at radius 2 is 2.07 bits per heavy atom. The number of likely N-dealkylation sites (tertiary alicyclic amines) is 1. The Morgan fingerprint density at radius 1 is 1.31 bits per heavy atom. The summed E-state index contributed by atoms with van der Waals surface area (Å²) in [7, 11) is 1.66. The maximum atomic E-state index is 12.5. The summed E-state index contributed by atoms with van der Waals surface area (Å²) in [6.45, 7) is 3.41. The molecule has 0 aromatic carbocycles. The molecule has 11 heteroatoms. The second-order valence-corrected chi connectivity index (χ2v) is 6.99. The van der Waals surface area contributed by atoms with Gasteiger partial charge in [0.25, 0.3) is 0 Å². The smallest absolute Gasteiger partial charge is 0.378 e. The van der Waals surface area contributed by atoms with Crippen molar-refractivity contribution < 1.29 is 17.9 Å². The Balaban J connectivity index is 0.00000300. The number of aliphatic imine (C=N–C) groups is 1. The Kier molecular flexibility index (Phi) is 9.21. The van der Waals surface area contributed by atoms with Crippen molar-refractivity contribution in [1.29, 1.82) is 0 Å². The number of aromatic nitrogens is 1. The number of hydrogen-bond donors (Lipinski definition) is 2. The first-order chi connectivity index (χ1) is 13.4. The molecule has 0 saturated carbocycles. The minimum Gasteiger partial charge on any atom is -0.378 e. The van der Waals surface area contributed by atoms with Crippen LogP contribution in [0.2, 0.25) is 0 Å². The Morgan fingerprint density at radius 3 is 2.76 bits per heavy atom. The van der Waals surface area contributed by atoms with Crippen LogP contribution in [0, 0.1) is 0 Å². The van der Waals surface area contributed by atoms with Gasteiger partial charge in [-0.1, -0.05) is 6.07 Å². The average molecular weight is 528 g/mol. The van der Waals surface area contributed by atoms with Crippen LogP contribution in [-0.4, -0.2) is 81.0 Å². The fourth-order valence-electron chi connectivity index (χ4n) is 3.54. The third-order valence-electron chi connectivity index (χ3n) is 4.86. The topological polar surface area (TPSA) is 65.0 Å². The molecule has 1 unspecified atom stereocenters. The van der Waals surface area contributed by atoms with Crippen molar-refractivity contribution in [1.82, 2.24) is 20.5 Å². The number of rotatable bonds is 5. The number of nitrogens with one attached hydrogen (secondary N) is 2. The summed E-state index contributed by atoms with van der Waals surface area (Å²) in [5.41, 5.74) is 1.04. The largest absolute Gasteiger partial charge is 0.401 e. The summed E-state index contributed by atoms with van der Waals surface area (Å²) < 4.78 is 43.0. The van der Waals surface area contributed by atoms with E-state index < -0.39 is 12.7 Å². The maximum Gasteiger partial charge on any atom is 0.401 e. The number of halogens is 4. The number of alkyl halides is 3. The summed E-state index contributed by atoms with van der Waals surface area (Å²) in [6.07, 6.45) is -1.73. The van der Waals surface area contributed by atoms with Gasteiger partial charge in [-0.2, -0.15) is 13.2 Å². The van der Waals surface area contributed by atoms with E-state index >= 15 is 0 Å². The van der Waals surface area contributed by atoms with E-state index in [9.17, 15) is 13.2 Å². The lowest BCUT2D eigenvalue weighted by molar-refractivity contribution is -0.143. The lowest BCUT2D eigenvalue weighted by atomic mass is 10.2. The minimum atomic E-state index is -4.16. The lowest BCUT2D eigenvalue weighted by Gasteiger charge is -2.29. The zero-order valence-corrected chi connectivity index (χ0v) is 18.7. The van der Waals surface area contributed by atoms with Gasteiger partial charge in [0.05, 0.1) is 19.8 Å². The van der Waals surface area contributed by atoms with Crippen molar-refractivity contribution in [3.05, 3.63) is 23.9 Å². The van der Waals surface area contributed by atoms with Gasteiger partial charge in [-0.3, -0.25) is 9.89 Å². The van der Waals surface area contributed by atoms with Gasteiger partial charge < -0.3 is 20.3 Å².